The molecule has 3 rings (SSSR count). The van der Waals surface area contributed by atoms with Crippen LogP contribution in [0.4, 0.5) is 4.39 Å². The van der Waals surface area contributed by atoms with Gasteiger partial charge in [0.05, 0.1) is 11.6 Å². The van der Waals surface area contributed by atoms with Crippen molar-refractivity contribution in [3.63, 3.8) is 0 Å². The molecule has 0 bridgehead atoms. The first-order chi connectivity index (χ1) is 16.5. The van der Waals surface area contributed by atoms with E-state index in [0.717, 1.165) is 65.3 Å². The quantitative estimate of drug-likeness (QED) is 0.369. The number of halogens is 2. The molecule has 2 saturated heterocycles. The number of carbonyl (C=O) groups is 2. The Labute approximate surface area is 207 Å². The number of benzene rings is 1. The van der Waals surface area contributed by atoms with Crippen LogP contribution in [-0.2, 0) is 14.3 Å². The van der Waals surface area contributed by atoms with Gasteiger partial charge in [-0.15, -0.1) is 0 Å². The molecule has 34 heavy (non-hydrogen) atoms. The van der Waals surface area contributed by atoms with Crippen molar-refractivity contribution in [1.29, 1.82) is 0 Å². The van der Waals surface area contributed by atoms with Crippen molar-refractivity contribution in [2.24, 2.45) is 0 Å². The first kappa shape index (κ1) is 26.6. The van der Waals surface area contributed by atoms with Gasteiger partial charge < -0.3 is 19.4 Å². The number of unbranched alkanes of at least 4 members (excludes halogenated alkanes) is 1. The average molecular weight is 495 g/mol. The molecule has 0 spiro atoms. The van der Waals surface area contributed by atoms with Gasteiger partial charge in [0.1, 0.15) is 5.82 Å². The SMILES string of the molecule is COCCN1CCN(CCCCN2CCN(C(=O)C=Cc3ccc(F)c(Cl)c3)CCC2=O)CC1. The molecule has 188 valence electrons. The summed E-state index contributed by atoms with van der Waals surface area (Å²) in [6.45, 7) is 9.39. The first-order valence-corrected chi connectivity index (χ1v) is 12.5. The Hall–Kier alpha value is -2.00. The van der Waals surface area contributed by atoms with Crippen LogP contribution in [0.2, 0.25) is 5.02 Å². The van der Waals surface area contributed by atoms with E-state index in [2.05, 4.69) is 9.80 Å². The standard InChI is InChI=1S/C25H36ClFN4O3/c1-34-19-18-29-14-12-28(13-15-29)9-2-3-10-30-16-17-31(11-8-25(30)33)24(32)7-5-21-4-6-23(27)22(26)20-21/h4-7,20H,2-3,8-19H2,1H3. The van der Waals surface area contributed by atoms with Crippen LogP contribution in [0, 0.1) is 5.82 Å². The van der Waals surface area contributed by atoms with Crippen molar-refractivity contribution in [2.75, 3.05) is 79.2 Å². The van der Waals surface area contributed by atoms with E-state index < -0.39 is 5.82 Å². The fourth-order valence-electron chi connectivity index (χ4n) is 4.31. The Bertz CT molecular complexity index is 845. The molecule has 0 unspecified atom stereocenters. The number of hydrogen-bond acceptors (Lipinski definition) is 5. The smallest absolute Gasteiger partial charge is 0.246 e. The molecule has 2 aliphatic rings. The molecule has 0 N–H and O–H groups in total. The highest BCUT2D eigenvalue weighted by Gasteiger charge is 2.23. The van der Waals surface area contributed by atoms with Crippen LogP contribution in [0.3, 0.4) is 0 Å². The average Bonchev–Trinajstić information content (AvgIpc) is 3.03. The summed E-state index contributed by atoms with van der Waals surface area (Å²) in [4.78, 5) is 33.7. The van der Waals surface area contributed by atoms with E-state index in [-0.39, 0.29) is 16.8 Å². The van der Waals surface area contributed by atoms with Gasteiger partial charge >= 0.3 is 0 Å². The zero-order valence-electron chi connectivity index (χ0n) is 20.1. The van der Waals surface area contributed by atoms with E-state index in [1.54, 1.807) is 24.2 Å². The zero-order valence-corrected chi connectivity index (χ0v) is 20.8. The Kier molecular flexibility index (Phi) is 10.8. The lowest BCUT2D eigenvalue weighted by atomic mass is 10.2. The van der Waals surface area contributed by atoms with E-state index in [1.807, 2.05) is 4.90 Å². The number of carbonyl (C=O) groups excluding carboxylic acids is 2. The van der Waals surface area contributed by atoms with Gasteiger partial charge in [-0.25, -0.2) is 4.39 Å². The number of hydrogen-bond donors (Lipinski definition) is 0. The molecule has 0 saturated carbocycles. The highest BCUT2D eigenvalue weighted by molar-refractivity contribution is 6.30. The van der Waals surface area contributed by atoms with Crippen molar-refractivity contribution in [2.45, 2.75) is 19.3 Å². The predicted octanol–water partition coefficient (Wildman–Crippen LogP) is 2.60. The molecule has 2 heterocycles. The molecule has 2 fully saturated rings. The fourth-order valence-corrected chi connectivity index (χ4v) is 4.50. The van der Waals surface area contributed by atoms with Crippen LogP contribution < -0.4 is 0 Å². The van der Waals surface area contributed by atoms with Crippen LogP contribution in [-0.4, -0.2) is 111 Å². The van der Waals surface area contributed by atoms with Gasteiger partial charge in [0, 0.05) is 78.5 Å². The van der Waals surface area contributed by atoms with Crippen molar-refractivity contribution in [3.8, 4) is 0 Å². The lowest BCUT2D eigenvalue weighted by molar-refractivity contribution is -0.130. The molecule has 2 aliphatic heterocycles. The Balaban J connectivity index is 1.36. The highest BCUT2D eigenvalue weighted by Crippen LogP contribution is 2.17. The first-order valence-electron chi connectivity index (χ1n) is 12.1. The van der Waals surface area contributed by atoms with Crippen LogP contribution in [0.25, 0.3) is 6.08 Å². The monoisotopic (exact) mass is 494 g/mol. The van der Waals surface area contributed by atoms with E-state index in [1.165, 1.54) is 18.2 Å². The number of ether oxygens (including phenoxy) is 1. The molecule has 0 radical (unpaired) electrons. The third kappa shape index (κ3) is 8.34. The van der Waals surface area contributed by atoms with Gasteiger partial charge in [-0.05, 0) is 43.2 Å². The van der Waals surface area contributed by atoms with Crippen molar-refractivity contribution >= 4 is 29.5 Å². The fraction of sp³-hybridized carbons (Fsp3) is 0.600. The van der Waals surface area contributed by atoms with Crippen molar-refractivity contribution in [3.05, 3.63) is 40.7 Å². The van der Waals surface area contributed by atoms with Gasteiger partial charge in [0.15, 0.2) is 0 Å². The number of amides is 2. The normalized spacial score (nSPS) is 18.6. The molecule has 0 aliphatic carbocycles. The third-order valence-electron chi connectivity index (χ3n) is 6.49. The second-order valence-corrected chi connectivity index (χ2v) is 9.25. The summed E-state index contributed by atoms with van der Waals surface area (Å²) in [7, 11) is 1.74. The van der Waals surface area contributed by atoms with Gasteiger partial charge in [-0.1, -0.05) is 17.7 Å². The molecule has 9 heteroatoms. The van der Waals surface area contributed by atoms with Gasteiger partial charge in [-0.3, -0.25) is 14.5 Å². The number of rotatable bonds is 10. The van der Waals surface area contributed by atoms with E-state index in [9.17, 15) is 14.0 Å². The summed E-state index contributed by atoms with van der Waals surface area (Å²) in [5.74, 6) is -0.534. The Morgan fingerprint density at radius 3 is 2.44 bits per heavy atom. The van der Waals surface area contributed by atoms with E-state index in [0.29, 0.717) is 31.6 Å². The lowest BCUT2D eigenvalue weighted by Crippen LogP contribution is -2.47. The van der Waals surface area contributed by atoms with Crippen molar-refractivity contribution in [1.82, 2.24) is 19.6 Å². The minimum Gasteiger partial charge on any atom is -0.383 e. The minimum atomic E-state index is -0.489. The van der Waals surface area contributed by atoms with E-state index >= 15 is 0 Å². The van der Waals surface area contributed by atoms with Crippen molar-refractivity contribution < 1.29 is 18.7 Å². The number of methoxy groups -OCH3 is 1. The number of piperazine rings is 1. The second kappa shape index (κ2) is 13.8. The topological polar surface area (TPSA) is 56.3 Å². The van der Waals surface area contributed by atoms with Crippen LogP contribution in [0.5, 0.6) is 0 Å². The summed E-state index contributed by atoms with van der Waals surface area (Å²) in [6, 6.07) is 4.33. The summed E-state index contributed by atoms with van der Waals surface area (Å²) >= 11 is 5.79. The molecular formula is C25H36ClFN4O3. The molecular weight excluding hydrogens is 459 g/mol. The molecule has 1 aromatic rings. The van der Waals surface area contributed by atoms with E-state index in [4.69, 9.17) is 16.3 Å². The maximum atomic E-state index is 13.3. The summed E-state index contributed by atoms with van der Waals surface area (Å²) < 4.78 is 18.4. The lowest BCUT2D eigenvalue weighted by Gasteiger charge is -2.34. The predicted molar refractivity (Wildman–Crippen MR) is 132 cm³/mol. The molecule has 7 nitrogen and oxygen atoms in total. The Morgan fingerprint density at radius 1 is 1.03 bits per heavy atom. The van der Waals surface area contributed by atoms with Gasteiger partial charge in [0.2, 0.25) is 11.8 Å². The summed E-state index contributed by atoms with van der Waals surface area (Å²) in [5.41, 5.74) is 0.656. The second-order valence-electron chi connectivity index (χ2n) is 8.85. The molecule has 1 aromatic carbocycles. The summed E-state index contributed by atoms with van der Waals surface area (Å²) in [6.07, 6.45) is 5.45. The number of nitrogens with zero attached hydrogens (tertiary/aromatic N) is 4. The minimum absolute atomic E-state index is 0.0231. The summed E-state index contributed by atoms with van der Waals surface area (Å²) in [5, 5.41) is 0.0231. The van der Waals surface area contributed by atoms with Crippen LogP contribution in [0.1, 0.15) is 24.8 Å². The maximum Gasteiger partial charge on any atom is 0.246 e. The van der Waals surface area contributed by atoms with Gasteiger partial charge in [0.25, 0.3) is 0 Å². The van der Waals surface area contributed by atoms with Crippen LogP contribution in [0.15, 0.2) is 24.3 Å². The maximum absolute atomic E-state index is 13.3. The molecule has 0 atom stereocenters. The molecule has 0 aromatic heterocycles. The van der Waals surface area contributed by atoms with Crippen LogP contribution >= 0.6 is 11.6 Å². The third-order valence-corrected chi connectivity index (χ3v) is 6.78. The zero-order chi connectivity index (χ0) is 24.3. The Morgan fingerprint density at radius 2 is 1.74 bits per heavy atom. The highest BCUT2D eigenvalue weighted by atomic mass is 35.5. The van der Waals surface area contributed by atoms with Gasteiger partial charge in [-0.2, -0.15) is 0 Å². The largest absolute Gasteiger partial charge is 0.383 e. The molecule has 2 amide bonds.